The van der Waals surface area contributed by atoms with Crippen molar-refractivity contribution >= 4 is 63.1 Å². The average molecular weight is 592 g/mol. The third-order valence-corrected chi connectivity index (χ3v) is 9.01. The molecule has 8 nitrogen and oxygen atoms in total. The largest absolute Gasteiger partial charge is 0.342 e. The van der Waals surface area contributed by atoms with Gasteiger partial charge >= 0.3 is 0 Å². The van der Waals surface area contributed by atoms with E-state index in [9.17, 15) is 14.9 Å². The van der Waals surface area contributed by atoms with Gasteiger partial charge in [-0.05, 0) is 61.8 Å². The van der Waals surface area contributed by atoms with E-state index in [1.54, 1.807) is 16.7 Å². The molecule has 1 atom stereocenters. The number of aromatic nitrogens is 3. The Morgan fingerprint density at radius 1 is 1.24 bits per heavy atom. The Bertz CT molecular complexity index is 1400. The predicted molar refractivity (Wildman–Crippen MR) is 152 cm³/mol. The van der Waals surface area contributed by atoms with Crippen LogP contribution in [-0.4, -0.2) is 32.3 Å². The van der Waals surface area contributed by atoms with Crippen molar-refractivity contribution < 1.29 is 9.59 Å². The summed E-state index contributed by atoms with van der Waals surface area (Å²) in [5, 5.41) is 26.1. The first kappa shape index (κ1) is 28.4. The molecule has 1 aliphatic rings. The van der Waals surface area contributed by atoms with Crippen molar-refractivity contribution in [2.45, 2.75) is 57.1 Å². The topological polar surface area (TPSA) is 113 Å². The molecule has 0 saturated heterocycles. The summed E-state index contributed by atoms with van der Waals surface area (Å²) in [5.74, 6) is 0.421. The van der Waals surface area contributed by atoms with Crippen LogP contribution in [0.3, 0.4) is 0 Å². The van der Waals surface area contributed by atoms with Crippen LogP contribution in [0.2, 0.25) is 10.0 Å². The monoisotopic (exact) mass is 590 g/mol. The van der Waals surface area contributed by atoms with Crippen molar-refractivity contribution in [2.24, 2.45) is 13.0 Å². The maximum atomic E-state index is 13.0. The minimum Gasteiger partial charge on any atom is -0.342 e. The number of fused-ring (bicyclic) bond motifs is 1. The smallest absolute Gasteiger partial charge is 0.253 e. The van der Waals surface area contributed by atoms with Gasteiger partial charge in [0.2, 0.25) is 5.91 Å². The number of nitrogens with one attached hydrogen (secondary N) is 2. The molecule has 38 heavy (non-hydrogen) atoms. The fraction of sp³-hybridized carbons (Fsp3) is 0.423. The van der Waals surface area contributed by atoms with E-state index in [2.05, 4.69) is 40.7 Å². The Balaban J connectivity index is 1.44. The SMILES string of the molecule is CC(C)C[C@@H](NC(=O)c1ccc(Cl)cc1Cl)c1nnc(SCC(=O)Nc2sc3c(c2C#N)CCCC3)n1C. The van der Waals surface area contributed by atoms with E-state index in [-0.39, 0.29) is 28.5 Å². The number of nitriles is 1. The van der Waals surface area contributed by atoms with Gasteiger partial charge in [-0.3, -0.25) is 9.59 Å². The molecule has 0 bridgehead atoms. The van der Waals surface area contributed by atoms with Gasteiger partial charge in [-0.2, -0.15) is 5.26 Å². The third-order valence-electron chi connectivity index (χ3n) is 6.24. The summed E-state index contributed by atoms with van der Waals surface area (Å²) in [6.07, 6.45) is 4.66. The van der Waals surface area contributed by atoms with Crippen LogP contribution >= 0.6 is 46.3 Å². The Labute approximate surface area is 240 Å². The van der Waals surface area contributed by atoms with E-state index in [4.69, 9.17) is 23.2 Å². The molecule has 1 aromatic carbocycles. The van der Waals surface area contributed by atoms with E-state index < -0.39 is 6.04 Å². The summed E-state index contributed by atoms with van der Waals surface area (Å²) >= 11 is 15.0. The Morgan fingerprint density at radius 2 is 2.00 bits per heavy atom. The van der Waals surface area contributed by atoms with E-state index >= 15 is 0 Å². The third kappa shape index (κ3) is 6.52. The van der Waals surface area contributed by atoms with E-state index in [1.165, 1.54) is 34.0 Å². The Morgan fingerprint density at radius 3 is 2.71 bits per heavy atom. The minimum absolute atomic E-state index is 0.112. The van der Waals surface area contributed by atoms with Crippen molar-refractivity contribution in [2.75, 3.05) is 11.1 Å². The number of rotatable bonds is 9. The molecule has 2 heterocycles. The molecule has 0 aliphatic heterocycles. The molecule has 0 radical (unpaired) electrons. The highest BCUT2D eigenvalue weighted by molar-refractivity contribution is 7.99. The first-order valence-electron chi connectivity index (χ1n) is 12.3. The summed E-state index contributed by atoms with van der Waals surface area (Å²) in [7, 11) is 1.81. The highest BCUT2D eigenvalue weighted by Gasteiger charge is 2.25. The van der Waals surface area contributed by atoms with E-state index in [1.807, 2.05) is 7.05 Å². The molecular weight excluding hydrogens is 563 g/mol. The van der Waals surface area contributed by atoms with Crippen LogP contribution in [0.1, 0.15) is 71.3 Å². The molecule has 0 saturated carbocycles. The highest BCUT2D eigenvalue weighted by atomic mass is 35.5. The van der Waals surface area contributed by atoms with Gasteiger partial charge in [0.05, 0.1) is 27.9 Å². The zero-order chi connectivity index (χ0) is 27.4. The summed E-state index contributed by atoms with van der Waals surface area (Å²) in [5.41, 5.74) is 2.00. The molecule has 4 rings (SSSR count). The number of halogens is 2. The summed E-state index contributed by atoms with van der Waals surface area (Å²) in [6.45, 7) is 4.12. The molecule has 0 spiro atoms. The Hall–Kier alpha value is -2.58. The second-order valence-corrected chi connectivity index (χ2v) is 12.4. The van der Waals surface area contributed by atoms with Crippen LogP contribution in [-0.2, 0) is 24.7 Å². The zero-order valence-electron chi connectivity index (χ0n) is 21.3. The fourth-order valence-electron chi connectivity index (χ4n) is 4.43. The Kier molecular flexibility index (Phi) is 9.36. The fourth-order valence-corrected chi connectivity index (χ4v) is 6.90. The zero-order valence-corrected chi connectivity index (χ0v) is 24.5. The van der Waals surface area contributed by atoms with E-state index in [0.29, 0.717) is 38.6 Å². The maximum Gasteiger partial charge on any atom is 0.253 e. The summed E-state index contributed by atoms with van der Waals surface area (Å²) < 4.78 is 1.79. The van der Waals surface area contributed by atoms with Crippen LogP contribution < -0.4 is 10.6 Å². The minimum atomic E-state index is -0.412. The van der Waals surface area contributed by atoms with Crippen molar-refractivity contribution in [3.8, 4) is 6.07 Å². The molecule has 2 amide bonds. The first-order chi connectivity index (χ1) is 18.2. The predicted octanol–water partition coefficient (Wildman–Crippen LogP) is 6.18. The average Bonchev–Trinajstić information content (AvgIpc) is 3.41. The van der Waals surface area contributed by atoms with Gasteiger partial charge in [-0.25, -0.2) is 0 Å². The van der Waals surface area contributed by atoms with Crippen molar-refractivity contribution in [3.05, 3.63) is 55.6 Å². The number of benzene rings is 1. The molecule has 200 valence electrons. The highest BCUT2D eigenvalue weighted by Crippen LogP contribution is 2.37. The van der Waals surface area contributed by atoms with Gasteiger partial charge in [0.15, 0.2) is 11.0 Å². The molecule has 1 aliphatic carbocycles. The molecular formula is C26H28Cl2N6O2S2. The lowest BCUT2D eigenvalue weighted by molar-refractivity contribution is -0.113. The van der Waals surface area contributed by atoms with Gasteiger partial charge in [-0.1, -0.05) is 48.8 Å². The van der Waals surface area contributed by atoms with Crippen molar-refractivity contribution in [1.82, 2.24) is 20.1 Å². The van der Waals surface area contributed by atoms with Crippen LogP contribution in [0.25, 0.3) is 0 Å². The second kappa shape index (κ2) is 12.5. The first-order valence-corrected chi connectivity index (χ1v) is 14.9. The number of anilines is 1. The van der Waals surface area contributed by atoms with Crippen LogP contribution in [0.15, 0.2) is 23.4 Å². The lowest BCUT2D eigenvalue weighted by atomic mass is 9.96. The molecule has 0 fully saturated rings. The van der Waals surface area contributed by atoms with Gasteiger partial charge in [0.25, 0.3) is 5.91 Å². The van der Waals surface area contributed by atoms with E-state index in [0.717, 1.165) is 31.2 Å². The number of carbonyl (C=O) groups is 2. The second-order valence-electron chi connectivity index (χ2n) is 9.54. The lowest BCUT2D eigenvalue weighted by Gasteiger charge is -2.20. The number of thioether (sulfide) groups is 1. The molecule has 2 N–H and O–H groups in total. The van der Waals surface area contributed by atoms with Gasteiger partial charge in [-0.15, -0.1) is 21.5 Å². The van der Waals surface area contributed by atoms with Crippen LogP contribution in [0.4, 0.5) is 5.00 Å². The van der Waals surface area contributed by atoms with Crippen LogP contribution in [0, 0.1) is 17.2 Å². The normalized spacial score (nSPS) is 13.6. The standard InChI is InChI=1S/C26H28Cl2N6O2S2/c1-14(2)10-20(30-24(36)17-9-8-15(27)11-19(17)28)23-32-33-26(34(23)3)37-13-22(35)31-25-18(12-29)16-6-4-5-7-21(16)38-25/h8-9,11,14,20H,4-7,10,13H2,1-3H3,(H,30,36)(H,31,35)/t20-/m1/s1. The number of hydrogen-bond donors (Lipinski definition) is 2. The van der Waals surface area contributed by atoms with Gasteiger partial charge in [0.1, 0.15) is 11.1 Å². The molecule has 2 aromatic heterocycles. The number of aryl methyl sites for hydroxylation is 1. The quantitative estimate of drug-likeness (QED) is 0.288. The number of carbonyl (C=O) groups excluding carboxylic acids is 2. The van der Waals surface area contributed by atoms with Crippen LogP contribution in [0.5, 0.6) is 0 Å². The number of amides is 2. The van der Waals surface area contributed by atoms with Gasteiger partial charge in [0, 0.05) is 16.9 Å². The van der Waals surface area contributed by atoms with Crippen molar-refractivity contribution in [1.29, 1.82) is 5.26 Å². The lowest BCUT2D eigenvalue weighted by Crippen LogP contribution is -2.31. The number of thiophene rings is 1. The van der Waals surface area contributed by atoms with Gasteiger partial charge < -0.3 is 15.2 Å². The number of hydrogen-bond acceptors (Lipinski definition) is 7. The molecule has 0 unspecified atom stereocenters. The number of nitrogens with zero attached hydrogens (tertiary/aromatic N) is 4. The maximum absolute atomic E-state index is 13.0. The summed E-state index contributed by atoms with van der Waals surface area (Å²) in [6, 6.07) is 6.59. The molecule has 12 heteroatoms. The molecule has 3 aromatic rings. The van der Waals surface area contributed by atoms with Crippen molar-refractivity contribution in [3.63, 3.8) is 0 Å². The summed E-state index contributed by atoms with van der Waals surface area (Å²) in [4.78, 5) is 27.0.